The zero-order valence-electron chi connectivity index (χ0n) is 12.9. The van der Waals surface area contributed by atoms with Crippen LogP contribution in [0.25, 0.3) is 0 Å². The molecule has 110 valence electrons. The summed E-state index contributed by atoms with van der Waals surface area (Å²) in [5.74, 6) is 0. The second-order valence-corrected chi connectivity index (χ2v) is 6.06. The Hall–Kier alpha value is -1.80. The molecule has 0 saturated heterocycles. The van der Waals surface area contributed by atoms with Gasteiger partial charge in [-0.3, -0.25) is 0 Å². The number of nitrogens with zero attached hydrogens (tertiary/aromatic N) is 1. The molecule has 3 rings (SSSR count). The molecular weight excluding hydrogens is 256 g/mol. The molecule has 0 amide bonds. The quantitative estimate of drug-likeness (QED) is 0.896. The van der Waals surface area contributed by atoms with Crippen LogP contribution in [0.5, 0.6) is 0 Å². The molecule has 2 aromatic carbocycles. The zero-order chi connectivity index (χ0) is 14.7. The van der Waals surface area contributed by atoms with Gasteiger partial charge in [0.2, 0.25) is 0 Å². The maximum atomic E-state index is 3.61. The summed E-state index contributed by atoms with van der Waals surface area (Å²) in [6.07, 6.45) is 1.15. The van der Waals surface area contributed by atoms with E-state index in [1.807, 2.05) is 0 Å². The molecule has 0 radical (unpaired) electrons. The Bertz CT molecular complexity index is 577. The van der Waals surface area contributed by atoms with E-state index in [-0.39, 0.29) is 0 Å². The molecule has 0 aliphatic carbocycles. The Morgan fingerprint density at radius 1 is 1.00 bits per heavy atom. The summed E-state index contributed by atoms with van der Waals surface area (Å²) < 4.78 is 0. The van der Waals surface area contributed by atoms with E-state index < -0.39 is 0 Å². The van der Waals surface area contributed by atoms with Crippen molar-refractivity contribution in [3.05, 3.63) is 65.7 Å². The topological polar surface area (TPSA) is 15.3 Å². The molecule has 0 saturated carbocycles. The highest BCUT2D eigenvalue weighted by Gasteiger charge is 2.26. The molecule has 1 aliphatic rings. The minimum Gasteiger partial charge on any atom is -0.363 e. The third-order valence-corrected chi connectivity index (χ3v) is 4.20. The fraction of sp³-hybridized carbons (Fsp3) is 0.368. The highest BCUT2D eigenvalue weighted by molar-refractivity contribution is 5.59. The van der Waals surface area contributed by atoms with Crippen LogP contribution in [0.4, 0.5) is 5.69 Å². The monoisotopic (exact) mass is 280 g/mol. The molecule has 1 heterocycles. The maximum Gasteiger partial charge on any atom is 0.0667 e. The zero-order valence-corrected chi connectivity index (χ0v) is 12.9. The maximum absolute atomic E-state index is 3.61. The molecule has 2 aromatic rings. The molecule has 1 atom stereocenters. The lowest BCUT2D eigenvalue weighted by Crippen LogP contribution is -2.37. The van der Waals surface area contributed by atoms with Crippen LogP contribution < -0.4 is 10.2 Å². The van der Waals surface area contributed by atoms with E-state index in [1.54, 1.807) is 0 Å². The van der Waals surface area contributed by atoms with E-state index in [2.05, 4.69) is 78.7 Å². The number of hydrogen-bond acceptors (Lipinski definition) is 2. The van der Waals surface area contributed by atoms with Crippen LogP contribution in [0.2, 0.25) is 0 Å². The van der Waals surface area contributed by atoms with E-state index in [1.165, 1.54) is 16.8 Å². The highest BCUT2D eigenvalue weighted by Crippen LogP contribution is 2.34. The number of benzene rings is 2. The Morgan fingerprint density at radius 2 is 1.71 bits per heavy atom. The van der Waals surface area contributed by atoms with Crippen LogP contribution in [0.3, 0.4) is 0 Å². The van der Waals surface area contributed by atoms with E-state index in [9.17, 15) is 0 Å². The lowest BCUT2D eigenvalue weighted by atomic mass is 10.0. The van der Waals surface area contributed by atoms with Gasteiger partial charge < -0.3 is 10.2 Å². The Morgan fingerprint density at radius 3 is 2.48 bits per heavy atom. The molecule has 2 heteroatoms. The Balaban J connectivity index is 1.89. The molecule has 1 unspecified atom stereocenters. The first-order valence-electron chi connectivity index (χ1n) is 7.88. The van der Waals surface area contributed by atoms with Gasteiger partial charge in [0.1, 0.15) is 0 Å². The lowest BCUT2D eigenvalue weighted by molar-refractivity contribution is 0.515. The summed E-state index contributed by atoms with van der Waals surface area (Å²) >= 11 is 0. The molecule has 2 nitrogen and oxygen atoms in total. The normalized spacial score (nSPS) is 15.3. The molecule has 0 fully saturated rings. The van der Waals surface area contributed by atoms with Crippen LogP contribution in [0.1, 0.15) is 31.0 Å². The van der Waals surface area contributed by atoms with Gasteiger partial charge >= 0.3 is 0 Å². The Labute approximate surface area is 127 Å². The van der Waals surface area contributed by atoms with Gasteiger partial charge in [0.25, 0.3) is 0 Å². The molecule has 1 N–H and O–H groups in total. The first-order valence-corrected chi connectivity index (χ1v) is 7.88. The number of fused-ring (bicyclic) bond motifs is 1. The van der Waals surface area contributed by atoms with Crippen molar-refractivity contribution in [3.63, 3.8) is 0 Å². The van der Waals surface area contributed by atoms with Crippen molar-refractivity contribution in [1.29, 1.82) is 0 Å². The van der Waals surface area contributed by atoms with Gasteiger partial charge in [-0.1, -0.05) is 62.4 Å². The lowest BCUT2D eigenvalue weighted by Gasteiger charge is -2.32. The van der Waals surface area contributed by atoms with Crippen LogP contribution in [0.15, 0.2) is 54.6 Å². The third kappa shape index (κ3) is 3.11. The van der Waals surface area contributed by atoms with Crippen LogP contribution in [-0.4, -0.2) is 19.1 Å². The van der Waals surface area contributed by atoms with E-state index in [4.69, 9.17) is 0 Å². The van der Waals surface area contributed by atoms with Gasteiger partial charge in [0.05, 0.1) is 6.04 Å². The van der Waals surface area contributed by atoms with Crippen molar-refractivity contribution in [2.45, 2.75) is 32.4 Å². The standard InChI is InChI=1S/C19H24N2/c1-15(2)20-14-19(16-8-4-3-5-9-16)21-13-12-17-10-6-7-11-18(17)21/h3-11,15,19-20H,12-14H2,1-2H3. The number of para-hydroxylation sites is 1. The van der Waals surface area contributed by atoms with E-state index in [0.29, 0.717) is 12.1 Å². The second kappa shape index (κ2) is 6.31. The molecule has 1 aliphatic heterocycles. The summed E-state index contributed by atoms with van der Waals surface area (Å²) in [6, 6.07) is 20.6. The van der Waals surface area contributed by atoms with Gasteiger partial charge in [-0.05, 0) is 23.6 Å². The molecule has 21 heavy (non-hydrogen) atoms. The highest BCUT2D eigenvalue weighted by atomic mass is 15.2. The average Bonchev–Trinajstić information content (AvgIpc) is 2.93. The fourth-order valence-corrected chi connectivity index (χ4v) is 3.12. The first-order chi connectivity index (χ1) is 10.3. The van der Waals surface area contributed by atoms with Crippen LogP contribution in [0, 0.1) is 0 Å². The van der Waals surface area contributed by atoms with Gasteiger partial charge in [-0.2, -0.15) is 0 Å². The predicted molar refractivity (Wildman–Crippen MR) is 89.8 cm³/mol. The van der Waals surface area contributed by atoms with Crippen molar-refractivity contribution in [2.75, 3.05) is 18.0 Å². The van der Waals surface area contributed by atoms with Crippen molar-refractivity contribution in [1.82, 2.24) is 5.32 Å². The summed E-state index contributed by atoms with van der Waals surface area (Å²) in [5.41, 5.74) is 4.27. The molecule has 0 aromatic heterocycles. The minimum absolute atomic E-state index is 0.400. The number of nitrogens with one attached hydrogen (secondary N) is 1. The number of hydrogen-bond donors (Lipinski definition) is 1. The second-order valence-electron chi connectivity index (χ2n) is 6.06. The number of rotatable bonds is 5. The first kappa shape index (κ1) is 14.2. The van der Waals surface area contributed by atoms with Crippen molar-refractivity contribution < 1.29 is 0 Å². The molecule has 0 spiro atoms. The molecule has 0 bridgehead atoms. The minimum atomic E-state index is 0.400. The van der Waals surface area contributed by atoms with Gasteiger partial charge in [0, 0.05) is 24.8 Å². The smallest absolute Gasteiger partial charge is 0.0667 e. The summed E-state index contributed by atoms with van der Waals surface area (Å²) in [7, 11) is 0. The fourth-order valence-electron chi connectivity index (χ4n) is 3.12. The van der Waals surface area contributed by atoms with Gasteiger partial charge in [0.15, 0.2) is 0 Å². The number of anilines is 1. The largest absolute Gasteiger partial charge is 0.363 e. The van der Waals surface area contributed by atoms with Crippen molar-refractivity contribution in [2.24, 2.45) is 0 Å². The van der Waals surface area contributed by atoms with Crippen LogP contribution in [-0.2, 0) is 6.42 Å². The SMILES string of the molecule is CC(C)NCC(c1ccccc1)N1CCc2ccccc21. The van der Waals surface area contributed by atoms with E-state index in [0.717, 1.165) is 19.5 Å². The van der Waals surface area contributed by atoms with Gasteiger partial charge in [-0.15, -0.1) is 0 Å². The molecular formula is C19H24N2. The van der Waals surface area contributed by atoms with Crippen molar-refractivity contribution in [3.8, 4) is 0 Å². The summed E-state index contributed by atoms with van der Waals surface area (Å²) in [5, 5.41) is 3.61. The van der Waals surface area contributed by atoms with Gasteiger partial charge in [-0.25, -0.2) is 0 Å². The van der Waals surface area contributed by atoms with Crippen LogP contribution >= 0.6 is 0 Å². The third-order valence-electron chi connectivity index (χ3n) is 4.20. The van der Waals surface area contributed by atoms with E-state index >= 15 is 0 Å². The predicted octanol–water partition coefficient (Wildman–Crippen LogP) is 3.79. The van der Waals surface area contributed by atoms with Crippen molar-refractivity contribution >= 4 is 5.69 Å². The summed E-state index contributed by atoms with van der Waals surface area (Å²) in [6.45, 7) is 6.51. The average molecular weight is 280 g/mol. The summed E-state index contributed by atoms with van der Waals surface area (Å²) in [4.78, 5) is 2.56. The Kier molecular flexibility index (Phi) is 4.26.